The van der Waals surface area contributed by atoms with Crippen LogP contribution in [0.3, 0.4) is 0 Å². The first-order chi connectivity index (χ1) is 9.49. The molecule has 2 atom stereocenters. The Hall–Kier alpha value is -0.600. The van der Waals surface area contributed by atoms with Gasteiger partial charge in [0.05, 0.1) is 6.10 Å². The van der Waals surface area contributed by atoms with E-state index in [1.54, 1.807) is 0 Å². The van der Waals surface area contributed by atoms with Gasteiger partial charge in [-0.3, -0.25) is 4.90 Å². The summed E-state index contributed by atoms with van der Waals surface area (Å²) in [5.41, 5.74) is 2.92. The number of piperidine rings is 1. The summed E-state index contributed by atoms with van der Waals surface area (Å²) in [7, 11) is 0. The van der Waals surface area contributed by atoms with E-state index in [9.17, 15) is 5.11 Å². The van der Waals surface area contributed by atoms with E-state index < -0.39 is 0 Å². The SMILES string of the molecule is CC(C)=CCC/C(C)=C/CCC(C)N1CCCC(O)C1. The second kappa shape index (κ2) is 9.36. The highest BCUT2D eigenvalue weighted by molar-refractivity contribution is 5.02. The van der Waals surface area contributed by atoms with Gasteiger partial charge in [-0.05, 0) is 72.8 Å². The van der Waals surface area contributed by atoms with E-state index in [1.807, 2.05) is 0 Å². The van der Waals surface area contributed by atoms with Crippen LogP contribution in [0, 0.1) is 0 Å². The largest absolute Gasteiger partial charge is 0.392 e. The first-order valence-corrected chi connectivity index (χ1v) is 8.20. The summed E-state index contributed by atoms with van der Waals surface area (Å²) in [6.07, 6.45) is 11.4. The molecule has 1 saturated heterocycles. The summed E-state index contributed by atoms with van der Waals surface area (Å²) in [6, 6.07) is 0.590. The van der Waals surface area contributed by atoms with Gasteiger partial charge in [-0.1, -0.05) is 23.3 Å². The predicted octanol–water partition coefficient (Wildman–Crippen LogP) is 4.30. The van der Waals surface area contributed by atoms with E-state index >= 15 is 0 Å². The number of hydrogen-bond acceptors (Lipinski definition) is 2. The standard InChI is InChI=1S/C18H33NO/c1-15(2)8-5-9-16(3)10-6-11-17(4)19-13-7-12-18(20)14-19/h8,10,17-18,20H,5-7,9,11-14H2,1-4H3/b16-10+. The molecule has 2 heteroatoms. The molecule has 0 spiro atoms. The van der Waals surface area contributed by atoms with Crippen molar-refractivity contribution < 1.29 is 5.11 Å². The highest BCUT2D eigenvalue weighted by atomic mass is 16.3. The number of rotatable bonds is 7. The number of aliphatic hydroxyl groups is 1. The number of allylic oxidation sites excluding steroid dienone is 4. The van der Waals surface area contributed by atoms with E-state index in [4.69, 9.17) is 0 Å². The van der Waals surface area contributed by atoms with Gasteiger partial charge in [-0.2, -0.15) is 0 Å². The first kappa shape index (κ1) is 17.5. The number of hydrogen-bond donors (Lipinski definition) is 1. The van der Waals surface area contributed by atoms with Crippen LogP contribution in [0.15, 0.2) is 23.3 Å². The van der Waals surface area contributed by atoms with Crippen LogP contribution in [0.2, 0.25) is 0 Å². The van der Waals surface area contributed by atoms with Gasteiger partial charge in [-0.15, -0.1) is 0 Å². The van der Waals surface area contributed by atoms with Crippen LogP contribution in [-0.2, 0) is 0 Å². The molecule has 20 heavy (non-hydrogen) atoms. The molecule has 1 aliphatic rings. The van der Waals surface area contributed by atoms with Gasteiger partial charge >= 0.3 is 0 Å². The second-order valence-electron chi connectivity index (χ2n) is 6.59. The van der Waals surface area contributed by atoms with Crippen LogP contribution in [0.4, 0.5) is 0 Å². The molecule has 2 unspecified atom stereocenters. The fourth-order valence-corrected chi connectivity index (χ4v) is 2.83. The van der Waals surface area contributed by atoms with Crippen molar-refractivity contribution in [3.63, 3.8) is 0 Å². The maximum atomic E-state index is 9.72. The van der Waals surface area contributed by atoms with Crippen molar-refractivity contribution in [3.05, 3.63) is 23.3 Å². The maximum Gasteiger partial charge on any atom is 0.0667 e. The number of likely N-dealkylation sites (tertiary alicyclic amines) is 1. The first-order valence-electron chi connectivity index (χ1n) is 8.20. The zero-order valence-electron chi connectivity index (χ0n) is 13.9. The summed E-state index contributed by atoms with van der Waals surface area (Å²) < 4.78 is 0. The fraction of sp³-hybridized carbons (Fsp3) is 0.778. The molecule has 1 heterocycles. The van der Waals surface area contributed by atoms with Crippen molar-refractivity contribution in [3.8, 4) is 0 Å². The van der Waals surface area contributed by atoms with Crippen molar-refractivity contribution in [2.24, 2.45) is 0 Å². The molecule has 1 rings (SSSR count). The Bertz CT molecular complexity index is 328. The topological polar surface area (TPSA) is 23.5 Å². The molecule has 1 aliphatic heterocycles. The van der Waals surface area contributed by atoms with Crippen LogP contribution in [0.25, 0.3) is 0 Å². The van der Waals surface area contributed by atoms with Crippen molar-refractivity contribution in [1.29, 1.82) is 0 Å². The molecule has 0 aliphatic carbocycles. The lowest BCUT2D eigenvalue weighted by Crippen LogP contribution is -2.43. The summed E-state index contributed by atoms with van der Waals surface area (Å²) in [6.45, 7) is 10.9. The molecule has 1 N–H and O–H groups in total. The Morgan fingerprint density at radius 2 is 2.00 bits per heavy atom. The van der Waals surface area contributed by atoms with E-state index in [0.29, 0.717) is 6.04 Å². The monoisotopic (exact) mass is 279 g/mol. The molecule has 0 aromatic carbocycles. The van der Waals surface area contributed by atoms with Crippen LogP contribution in [0.1, 0.15) is 66.2 Å². The average molecular weight is 279 g/mol. The summed E-state index contributed by atoms with van der Waals surface area (Å²) in [5, 5.41) is 9.72. The third-order valence-electron chi connectivity index (χ3n) is 4.22. The molecule has 0 radical (unpaired) electrons. The summed E-state index contributed by atoms with van der Waals surface area (Å²) in [4.78, 5) is 2.44. The van der Waals surface area contributed by atoms with E-state index in [-0.39, 0.29) is 6.10 Å². The lowest BCUT2D eigenvalue weighted by molar-refractivity contribution is 0.0488. The van der Waals surface area contributed by atoms with Gasteiger partial charge in [0, 0.05) is 12.6 Å². The molecule has 0 aromatic rings. The molecule has 2 nitrogen and oxygen atoms in total. The average Bonchev–Trinajstić information content (AvgIpc) is 2.38. The summed E-state index contributed by atoms with van der Waals surface area (Å²) >= 11 is 0. The van der Waals surface area contributed by atoms with E-state index in [0.717, 1.165) is 32.4 Å². The Balaban J connectivity index is 2.22. The van der Waals surface area contributed by atoms with Crippen molar-refractivity contribution >= 4 is 0 Å². The maximum absolute atomic E-state index is 9.72. The molecule has 0 aromatic heterocycles. The van der Waals surface area contributed by atoms with Crippen LogP contribution >= 0.6 is 0 Å². The highest BCUT2D eigenvalue weighted by Gasteiger charge is 2.21. The Morgan fingerprint density at radius 1 is 1.25 bits per heavy atom. The van der Waals surface area contributed by atoms with Gasteiger partial charge in [0.25, 0.3) is 0 Å². The zero-order valence-corrected chi connectivity index (χ0v) is 13.9. The fourth-order valence-electron chi connectivity index (χ4n) is 2.83. The van der Waals surface area contributed by atoms with Crippen LogP contribution in [0.5, 0.6) is 0 Å². The minimum absolute atomic E-state index is 0.104. The third-order valence-corrected chi connectivity index (χ3v) is 4.22. The molecule has 0 amide bonds. The normalized spacial score (nSPS) is 22.6. The molecule has 0 bridgehead atoms. The molecule has 116 valence electrons. The van der Waals surface area contributed by atoms with Gasteiger partial charge in [0.15, 0.2) is 0 Å². The quantitative estimate of drug-likeness (QED) is 0.702. The van der Waals surface area contributed by atoms with E-state index in [2.05, 4.69) is 44.7 Å². The lowest BCUT2D eigenvalue weighted by Gasteiger charge is -2.34. The molecule has 1 fully saturated rings. The molecular weight excluding hydrogens is 246 g/mol. The van der Waals surface area contributed by atoms with Crippen molar-refractivity contribution in [1.82, 2.24) is 4.90 Å². The zero-order chi connectivity index (χ0) is 15.0. The number of aliphatic hydroxyl groups excluding tert-OH is 1. The smallest absolute Gasteiger partial charge is 0.0667 e. The minimum Gasteiger partial charge on any atom is -0.392 e. The van der Waals surface area contributed by atoms with Crippen LogP contribution < -0.4 is 0 Å². The van der Waals surface area contributed by atoms with E-state index in [1.165, 1.54) is 30.4 Å². The van der Waals surface area contributed by atoms with Gasteiger partial charge < -0.3 is 5.11 Å². The van der Waals surface area contributed by atoms with Crippen molar-refractivity contribution in [2.45, 2.75) is 78.4 Å². The second-order valence-corrected chi connectivity index (χ2v) is 6.59. The summed E-state index contributed by atoms with van der Waals surface area (Å²) in [5.74, 6) is 0. The van der Waals surface area contributed by atoms with Gasteiger partial charge in [-0.25, -0.2) is 0 Å². The Kier molecular flexibility index (Phi) is 8.16. The predicted molar refractivity (Wildman–Crippen MR) is 87.9 cm³/mol. The highest BCUT2D eigenvalue weighted by Crippen LogP contribution is 2.17. The number of nitrogens with zero attached hydrogens (tertiary/aromatic N) is 1. The Morgan fingerprint density at radius 3 is 2.65 bits per heavy atom. The van der Waals surface area contributed by atoms with Gasteiger partial charge in [0.2, 0.25) is 0 Å². The number of β-amino-alcohol motifs (C(OH)–C–C–N with tert-alkyl or cyclic N) is 1. The van der Waals surface area contributed by atoms with Gasteiger partial charge in [0.1, 0.15) is 0 Å². The van der Waals surface area contributed by atoms with Crippen molar-refractivity contribution in [2.75, 3.05) is 13.1 Å². The Labute approximate surface area is 125 Å². The third kappa shape index (κ3) is 7.25. The molecular formula is C18H33NO. The lowest BCUT2D eigenvalue weighted by atomic mass is 10.0. The molecule has 0 saturated carbocycles. The van der Waals surface area contributed by atoms with Crippen LogP contribution in [-0.4, -0.2) is 35.2 Å². The minimum atomic E-state index is -0.104.